The van der Waals surface area contributed by atoms with Gasteiger partial charge in [0.1, 0.15) is 5.75 Å². The lowest BCUT2D eigenvalue weighted by molar-refractivity contribution is 0.414. The summed E-state index contributed by atoms with van der Waals surface area (Å²) in [5.41, 5.74) is 1.09. The van der Waals surface area contributed by atoms with Crippen LogP contribution in [-0.2, 0) is 0 Å². The maximum Gasteiger partial charge on any atom is 0.126 e. The zero-order valence-corrected chi connectivity index (χ0v) is 11.5. The lowest BCUT2D eigenvalue weighted by Gasteiger charge is -2.06. The van der Waals surface area contributed by atoms with Crippen LogP contribution in [-0.4, -0.2) is 19.7 Å². The summed E-state index contributed by atoms with van der Waals surface area (Å²) in [5.74, 6) is 0.893. The van der Waals surface area contributed by atoms with Crippen LogP contribution in [0.5, 0.6) is 5.75 Å². The summed E-state index contributed by atoms with van der Waals surface area (Å²) >= 11 is 3.45. The van der Waals surface area contributed by atoms with Crippen molar-refractivity contribution in [2.24, 2.45) is 0 Å². The number of ether oxygens (including phenoxy) is 1. The second-order valence-electron chi connectivity index (χ2n) is 3.85. The van der Waals surface area contributed by atoms with E-state index in [0.29, 0.717) is 6.04 Å². The molecule has 0 atom stereocenters. The summed E-state index contributed by atoms with van der Waals surface area (Å²) in [5, 5.41) is 3.33. The van der Waals surface area contributed by atoms with Crippen molar-refractivity contribution in [3.8, 4) is 5.75 Å². The Morgan fingerprint density at radius 3 is 2.81 bits per heavy atom. The van der Waals surface area contributed by atoms with Crippen LogP contribution in [0.1, 0.15) is 19.4 Å². The summed E-state index contributed by atoms with van der Waals surface area (Å²) < 4.78 is 6.35. The minimum absolute atomic E-state index is 0.508. The Hall–Kier alpha value is -0.800. The molecule has 16 heavy (non-hydrogen) atoms. The second kappa shape index (κ2) is 6.71. The predicted molar refractivity (Wildman–Crippen MR) is 72.9 cm³/mol. The zero-order valence-electron chi connectivity index (χ0n) is 9.96. The number of rotatable bonds is 5. The molecular weight excluding hydrogens is 266 g/mol. The molecular formula is C13H18BrNO. The normalized spacial score (nSPS) is 11.3. The van der Waals surface area contributed by atoms with Gasteiger partial charge in [0.05, 0.1) is 7.11 Å². The zero-order chi connectivity index (χ0) is 12.0. The molecule has 0 heterocycles. The summed E-state index contributed by atoms with van der Waals surface area (Å²) in [7, 11) is 1.69. The molecule has 0 radical (unpaired) electrons. The van der Waals surface area contributed by atoms with Gasteiger partial charge < -0.3 is 10.1 Å². The van der Waals surface area contributed by atoms with Crippen LogP contribution in [0.4, 0.5) is 0 Å². The van der Waals surface area contributed by atoms with Gasteiger partial charge in [-0.15, -0.1) is 0 Å². The molecule has 1 aromatic carbocycles. The number of halogens is 1. The molecule has 0 unspecified atom stereocenters. The molecule has 0 aliphatic carbocycles. The highest BCUT2D eigenvalue weighted by Gasteiger charge is 1.99. The number of nitrogens with one attached hydrogen (secondary N) is 1. The van der Waals surface area contributed by atoms with Crippen molar-refractivity contribution in [1.82, 2.24) is 5.32 Å². The molecule has 1 rings (SSSR count). The van der Waals surface area contributed by atoms with Crippen LogP contribution < -0.4 is 10.1 Å². The van der Waals surface area contributed by atoms with Gasteiger partial charge in [-0.25, -0.2) is 0 Å². The summed E-state index contributed by atoms with van der Waals surface area (Å²) in [6.07, 6.45) is 4.17. The lowest BCUT2D eigenvalue weighted by atomic mass is 10.2. The number of hydrogen-bond donors (Lipinski definition) is 1. The molecule has 1 N–H and O–H groups in total. The topological polar surface area (TPSA) is 21.3 Å². The molecule has 0 aromatic heterocycles. The molecule has 88 valence electrons. The first-order chi connectivity index (χ1) is 7.63. The molecule has 1 aromatic rings. The highest BCUT2D eigenvalue weighted by atomic mass is 79.9. The monoisotopic (exact) mass is 283 g/mol. The van der Waals surface area contributed by atoms with Crippen LogP contribution >= 0.6 is 15.9 Å². The smallest absolute Gasteiger partial charge is 0.126 e. The molecule has 0 spiro atoms. The fourth-order valence-corrected chi connectivity index (χ4v) is 1.70. The standard InChI is InChI=1S/C13H18BrNO/c1-10(2)15-8-4-5-11-9-12(14)6-7-13(11)16-3/h4-7,9-10,15H,8H2,1-3H3. The van der Waals surface area contributed by atoms with E-state index >= 15 is 0 Å². The van der Waals surface area contributed by atoms with Crippen molar-refractivity contribution in [3.63, 3.8) is 0 Å². The van der Waals surface area contributed by atoms with E-state index in [-0.39, 0.29) is 0 Å². The molecule has 0 saturated heterocycles. The molecule has 0 bridgehead atoms. The fraction of sp³-hybridized carbons (Fsp3) is 0.385. The first-order valence-corrected chi connectivity index (χ1v) is 6.16. The van der Waals surface area contributed by atoms with Gasteiger partial charge in [-0.1, -0.05) is 41.9 Å². The number of hydrogen-bond acceptors (Lipinski definition) is 2. The van der Waals surface area contributed by atoms with E-state index in [9.17, 15) is 0 Å². The maximum atomic E-state index is 5.29. The van der Waals surface area contributed by atoms with Gasteiger partial charge in [-0.05, 0) is 18.2 Å². The third kappa shape index (κ3) is 4.37. The van der Waals surface area contributed by atoms with Crippen LogP contribution in [0.25, 0.3) is 6.08 Å². The van der Waals surface area contributed by atoms with Gasteiger partial charge in [0.15, 0.2) is 0 Å². The average Bonchev–Trinajstić information content (AvgIpc) is 2.24. The van der Waals surface area contributed by atoms with E-state index in [1.165, 1.54) is 0 Å². The Bertz CT molecular complexity index is 361. The first kappa shape index (κ1) is 13.3. The van der Waals surface area contributed by atoms with E-state index in [0.717, 1.165) is 22.3 Å². The van der Waals surface area contributed by atoms with E-state index in [1.807, 2.05) is 18.2 Å². The van der Waals surface area contributed by atoms with Gasteiger partial charge in [0.2, 0.25) is 0 Å². The van der Waals surface area contributed by atoms with Crippen molar-refractivity contribution in [2.45, 2.75) is 19.9 Å². The summed E-state index contributed by atoms with van der Waals surface area (Å²) in [4.78, 5) is 0. The minimum atomic E-state index is 0.508. The van der Waals surface area contributed by atoms with Crippen molar-refractivity contribution in [1.29, 1.82) is 0 Å². The van der Waals surface area contributed by atoms with E-state index in [2.05, 4.69) is 47.2 Å². The van der Waals surface area contributed by atoms with E-state index < -0.39 is 0 Å². The predicted octanol–water partition coefficient (Wildman–Crippen LogP) is 3.47. The molecule has 3 heteroatoms. The van der Waals surface area contributed by atoms with Crippen molar-refractivity contribution >= 4 is 22.0 Å². The fourth-order valence-electron chi connectivity index (χ4n) is 1.33. The lowest BCUT2D eigenvalue weighted by Crippen LogP contribution is -2.22. The largest absolute Gasteiger partial charge is 0.496 e. The highest BCUT2D eigenvalue weighted by molar-refractivity contribution is 9.10. The first-order valence-electron chi connectivity index (χ1n) is 5.37. The Morgan fingerprint density at radius 1 is 1.44 bits per heavy atom. The minimum Gasteiger partial charge on any atom is -0.496 e. The number of methoxy groups -OCH3 is 1. The van der Waals surface area contributed by atoms with Gasteiger partial charge in [0, 0.05) is 22.6 Å². The van der Waals surface area contributed by atoms with E-state index in [4.69, 9.17) is 4.74 Å². The van der Waals surface area contributed by atoms with Gasteiger partial charge in [0.25, 0.3) is 0 Å². The second-order valence-corrected chi connectivity index (χ2v) is 4.77. The van der Waals surface area contributed by atoms with Crippen LogP contribution in [0.15, 0.2) is 28.7 Å². The van der Waals surface area contributed by atoms with Crippen molar-refractivity contribution < 1.29 is 4.74 Å². The van der Waals surface area contributed by atoms with Crippen LogP contribution in [0.3, 0.4) is 0 Å². The average molecular weight is 284 g/mol. The summed E-state index contributed by atoms with van der Waals surface area (Å²) in [6, 6.07) is 6.49. The SMILES string of the molecule is COc1ccc(Br)cc1C=CCNC(C)C. The van der Waals surface area contributed by atoms with E-state index in [1.54, 1.807) is 7.11 Å². The number of benzene rings is 1. The Balaban J connectivity index is 2.67. The Labute approximate surface area is 106 Å². The van der Waals surface area contributed by atoms with Gasteiger partial charge in [-0.3, -0.25) is 0 Å². The van der Waals surface area contributed by atoms with Crippen molar-refractivity contribution in [3.05, 3.63) is 34.3 Å². The molecule has 0 saturated carbocycles. The third-order valence-corrected chi connectivity index (χ3v) is 2.63. The third-order valence-electron chi connectivity index (χ3n) is 2.13. The van der Waals surface area contributed by atoms with Gasteiger partial charge in [-0.2, -0.15) is 0 Å². The van der Waals surface area contributed by atoms with Crippen LogP contribution in [0, 0.1) is 0 Å². The molecule has 0 aliphatic rings. The molecule has 2 nitrogen and oxygen atoms in total. The quantitative estimate of drug-likeness (QED) is 0.894. The molecule has 0 aliphatic heterocycles. The Morgan fingerprint density at radius 2 is 2.19 bits per heavy atom. The van der Waals surface area contributed by atoms with Gasteiger partial charge >= 0.3 is 0 Å². The summed E-state index contributed by atoms with van der Waals surface area (Å²) in [6.45, 7) is 5.13. The van der Waals surface area contributed by atoms with Crippen LogP contribution in [0.2, 0.25) is 0 Å². The maximum absolute atomic E-state index is 5.29. The molecule has 0 fully saturated rings. The highest BCUT2D eigenvalue weighted by Crippen LogP contribution is 2.23. The van der Waals surface area contributed by atoms with Crippen molar-refractivity contribution in [2.75, 3.05) is 13.7 Å². The Kier molecular flexibility index (Phi) is 5.56. The molecule has 0 amide bonds.